The average molecular weight is 1540 g/mol. The first-order valence-electron chi connectivity index (χ1n) is 43.6. The lowest BCUT2D eigenvalue weighted by Gasteiger charge is -2.48. The molecule has 0 saturated carbocycles. The fourth-order valence-electron chi connectivity index (χ4n) is 14.1. The highest BCUT2D eigenvalue weighted by Crippen LogP contribution is 2.33. The van der Waals surface area contributed by atoms with Gasteiger partial charge in [-0.25, -0.2) is 0 Å². The zero-order valence-electron chi connectivity index (χ0n) is 67.8. The molecule has 109 heavy (non-hydrogen) atoms. The van der Waals surface area contributed by atoms with Gasteiger partial charge in [0, 0.05) is 6.42 Å². The molecule has 0 aliphatic carbocycles. The van der Waals surface area contributed by atoms with Crippen molar-refractivity contribution < 1.29 is 89.4 Å². The van der Waals surface area contributed by atoms with Crippen LogP contribution < -0.4 is 5.32 Å². The molecule has 0 aromatic carbocycles. The van der Waals surface area contributed by atoms with Gasteiger partial charge in [0.2, 0.25) is 5.91 Å². The van der Waals surface area contributed by atoms with Crippen LogP contribution in [0.3, 0.4) is 0 Å². The van der Waals surface area contributed by atoms with E-state index < -0.39 is 124 Å². The Bertz CT molecular complexity index is 2390. The summed E-state index contributed by atoms with van der Waals surface area (Å²) in [5, 5.41) is 121. The van der Waals surface area contributed by atoms with Gasteiger partial charge in [-0.1, -0.05) is 329 Å². The van der Waals surface area contributed by atoms with Crippen molar-refractivity contribution in [2.45, 2.75) is 426 Å². The SMILES string of the molecule is CC/C=C\C/C=C\C/C=C\C/C=C\C/C=C\C/C=C\CCCCCCCCCCCCCCCCC(=O)NC(COC1OC(CO)C(OC2OC(CO)C(OC3OC(CO)C(O)C(O)C3O)C(O)C2O)C(O)C1O)C(O)/C=C/CC/C=C/CC/C=C/CCCCCCCCCCCCCCCCCCCCCCC. The minimum atomic E-state index is -1.99. The van der Waals surface area contributed by atoms with Crippen LogP contribution >= 0.6 is 0 Å². The smallest absolute Gasteiger partial charge is 0.220 e. The van der Waals surface area contributed by atoms with Crippen LogP contribution in [0, 0.1) is 0 Å². The van der Waals surface area contributed by atoms with E-state index in [-0.39, 0.29) is 18.9 Å². The van der Waals surface area contributed by atoms with E-state index in [0.29, 0.717) is 12.8 Å². The minimum Gasteiger partial charge on any atom is -0.394 e. The monoisotopic (exact) mass is 1540 g/mol. The Morgan fingerprint density at radius 1 is 0.339 bits per heavy atom. The normalized spacial score (nSPS) is 25.8. The van der Waals surface area contributed by atoms with Crippen molar-refractivity contribution in [1.29, 1.82) is 0 Å². The molecule has 1 amide bonds. The number of nitrogens with one attached hydrogen (secondary N) is 1. The Kier molecular flexibility index (Phi) is 62.9. The van der Waals surface area contributed by atoms with Crippen LogP contribution in [-0.2, 0) is 33.2 Å². The number of aliphatic hydroxyl groups excluding tert-OH is 11. The van der Waals surface area contributed by atoms with Crippen LogP contribution in [0.25, 0.3) is 0 Å². The topological polar surface area (TPSA) is 307 Å². The number of carbonyl (C=O) groups is 1. The van der Waals surface area contributed by atoms with Gasteiger partial charge in [0.15, 0.2) is 18.9 Å². The molecule has 19 heteroatoms. The number of hydrogen-bond acceptors (Lipinski definition) is 18. The van der Waals surface area contributed by atoms with Crippen molar-refractivity contribution in [1.82, 2.24) is 5.32 Å². The first-order valence-corrected chi connectivity index (χ1v) is 43.6. The third kappa shape index (κ3) is 47.8. The van der Waals surface area contributed by atoms with Gasteiger partial charge in [-0.3, -0.25) is 4.79 Å². The highest BCUT2D eigenvalue weighted by molar-refractivity contribution is 5.76. The number of carbonyl (C=O) groups excluding carboxylic acids is 1. The third-order valence-corrected chi connectivity index (χ3v) is 21.0. The molecule has 17 atom stereocenters. The quantitative estimate of drug-likeness (QED) is 0.0199. The van der Waals surface area contributed by atoms with Gasteiger partial charge in [0.25, 0.3) is 0 Å². The van der Waals surface area contributed by atoms with Gasteiger partial charge >= 0.3 is 0 Å². The second kappa shape index (κ2) is 68.8. The summed E-state index contributed by atoms with van der Waals surface area (Å²) in [7, 11) is 0. The molecule has 3 heterocycles. The lowest BCUT2D eigenvalue weighted by atomic mass is 9.96. The lowest BCUT2D eigenvalue weighted by Crippen LogP contribution is -2.66. The molecule has 0 spiro atoms. The van der Waals surface area contributed by atoms with E-state index in [9.17, 15) is 61.0 Å². The van der Waals surface area contributed by atoms with Crippen molar-refractivity contribution >= 4 is 5.91 Å². The summed E-state index contributed by atoms with van der Waals surface area (Å²) in [6, 6.07) is -1.01. The molecule has 12 N–H and O–H groups in total. The van der Waals surface area contributed by atoms with Crippen LogP contribution in [0.1, 0.15) is 322 Å². The molecule has 630 valence electrons. The summed E-state index contributed by atoms with van der Waals surface area (Å²) in [5.74, 6) is -0.291. The van der Waals surface area contributed by atoms with Crippen molar-refractivity contribution in [3.05, 3.63) is 109 Å². The van der Waals surface area contributed by atoms with Gasteiger partial charge in [-0.05, 0) is 96.3 Å². The van der Waals surface area contributed by atoms with Gasteiger partial charge < -0.3 is 89.9 Å². The molecule has 0 radical (unpaired) electrons. The molecule has 3 saturated heterocycles. The van der Waals surface area contributed by atoms with E-state index >= 15 is 0 Å². The zero-order valence-corrected chi connectivity index (χ0v) is 67.8. The van der Waals surface area contributed by atoms with E-state index in [0.717, 1.165) is 96.3 Å². The Balaban J connectivity index is 1.36. The molecule has 0 bridgehead atoms. The maximum absolute atomic E-state index is 13.5. The summed E-state index contributed by atoms with van der Waals surface area (Å²) in [6.07, 6.45) is 69.4. The predicted molar refractivity (Wildman–Crippen MR) is 438 cm³/mol. The van der Waals surface area contributed by atoms with Gasteiger partial charge in [0.05, 0.1) is 38.6 Å². The van der Waals surface area contributed by atoms with Crippen LogP contribution in [-0.4, -0.2) is 193 Å². The molecule has 0 aromatic heterocycles. The third-order valence-electron chi connectivity index (χ3n) is 21.0. The fourth-order valence-corrected chi connectivity index (χ4v) is 14.1. The van der Waals surface area contributed by atoms with Crippen LogP contribution in [0.5, 0.6) is 0 Å². The molecular weight excluding hydrogens is 1380 g/mol. The molecule has 19 nitrogen and oxygen atoms in total. The van der Waals surface area contributed by atoms with Crippen LogP contribution in [0.4, 0.5) is 0 Å². The van der Waals surface area contributed by atoms with Crippen LogP contribution in [0.2, 0.25) is 0 Å². The van der Waals surface area contributed by atoms with Crippen molar-refractivity contribution in [3.63, 3.8) is 0 Å². The highest BCUT2D eigenvalue weighted by Gasteiger charge is 2.54. The Labute approximate surface area is 659 Å². The van der Waals surface area contributed by atoms with Crippen molar-refractivity contribution in [3.8, 4) is 0 Å². The molecule has 3 rings (SSSR count). The van der Waals surface area contributed by atoms with Crippen molar-refractivity contribution in [2.24, 2.45) is 0 Å². The Hall–Kier alpha value is -3.55. The average Bonchev–Trinajstić information content (AvgIpc) is 0.782. The molecular formula is C90H157NO18. The molecule has 3 fully saturated rings. The summed E-state index contributed by atoms with van der Waals surface area (Å²) in [6.45, 7) is 1.63. The lowest BCUT2D eigenvalue weighted by molar-refractivity contribution is -0.379. The molecule has 0 aromatic rings. The number of hydrogen-bond donors (Lipinski definition) is 12. The van der Waals surface area contributed by atoms with Crippen molar-refractivity contribution in [2.75, 3.05) is 26.4 Å². The maximum Gasteiger partial charge on any atom is 0.220 e. The Morgan fingerprint density at radius 3 is 1.03 bits per heavy atom. The second-order valence-electron chi connectivity index (χ2n) is 30.6. The first-order chi connectivity index (χ1) is 53.3. The Morgan fingerprint density at radius 2 is 0.642 bits per heavy atom. The van der Waals surface area contributed by atoms with Gasteiger partial charge in [-0.2, -0.15) is 0 Å². The predicted octanol–water partition coefficient (Wildman–Crippen LogP) is 16.1. The first kappa shape index (κ1) is 99.6. The van der Waals surface area contributed by atoms with Gasteiger partial charge in [0.1, 0.15) is 73.2 Å². The standard InChI is InChI=1S/C90H157NO18/c1-3-5-7-9-11-13-15-17-19-21-23-25-27-29-31-33-35-36-38-40-42-44-46-48-50-52-54-56-58-60-62-64-66-68-78(96)91-73(74(95)67-65-63-61-59-57-55-53-51-49-47-45-43-41-39-37-34-32-30-28-26-24-22-20-18-16-14-12-10-8-6-4-2)72-104-88-84(102)81(99)86(76(70-93)106-88)109-90-85(103)82(100)87(77(71-94)107-90)108-89-83(101)80(98)79(97)75(69-92)105-89/h5,7,11,13,17,19,23,25,29,31,35-36,49,51,57,59,65,67,73-77,79-90,92-95,97-103H,3-4,6,8-10,12,14-16,18,20-22,24,26-28,30,32-34,37-48,50,52-56,58,60-64,66,68-72H2,1-2H3,(H,91,96)/b7-5-,13-11-,19-17-,25-23-,31-29-,36-35-,51-49+,59-57+,67-65+. The van der Waals surface area contributed by atoms with E-state index in [2.05, 4.69) is 116 Å². The number of amides is 1. The van der Waals surface area contributed by atoms with E-state index in [1.165, 1.54) is 193 Å². The van der Waals surface area contributed by atoms with E-state index in [1.54, 1.807) is 6.08 Å². The summed E-state index contributed by atoms with van der Waals surface area (Å²) in [5.41, 5.74) is 0. The summed E-state index contributed by atoms with van der Waals surface area (Å²) >= 11 is 0. The molecule has 3 aliphatic rings. The van der Waals surface area contributed by atoms with Crippen LogP contribution in [0.15, 0.2) is 109 Å². The summed E-state index contributed by atoms with van der Waals surface area (Å²) in [4.78, 5) is 13.5. The highest BCUT2D eigenvalue weighted by atomic mass is 16.8. The number of aliphatic hydroxyl groups is 11. The fraction of sp³-hybridized carbons (Fsp3) is 0.789. The minimum absolute atomic E-state index is 0.226. The number of allylic oxidation sites excluding steroid dienone is 17. The molecule has 3 aliphatic heterocycles. The van der Waals surface area contributed by atoms with E-state index in [1.807, 2.05) is 6.08 Å². The largest absolute Gasteiger partial charge is 0.394 e. The maximum atomic E-state index is 13.5. The van der Waals surface area contributed by atoms with E-state index in [4.69, 9.17) is 28.4 Å². The van der Waals surface area contributed by atoms with Gasteiger partial charge in [-0.15, -0.1) is 0 Å². The second-order valence-corrected chi connectivity index (χ2v) is 30.6. The number of rotatable bonds is 69. The molecule has 17 unspecified atom stereocenters. The number of unbranched alkanes of at least 4 members (excludes halogenated alkanes) is 37. The zero-order chi connectivity index (χ0) is 78.8. The summed E-state index contributed by atoms with van der Waals surface area (Å²) < 4.78 is 34.5. The number of ether oxygens (including phenoxy) is 6.